The average molecular weight is 391 g/mol. The molecule has 7 nitrogen and oxygen atoms in total. The van der Waals surface area contributed by atoms with Gasteiger partial charge in [-0.3, -0.25) is 4.68 Å². The van der Waals surface area contributed by atoms with Crippen molar-refractivity contribution in [1.29, 1.82) is 0 Å². The Hall–Kier alpha value is -2.36. The van der Waals surface area contributed by atoms with Gasteiger partial charge in [0.1, 0.15) is 18.9 Å². The molecule has 0 atom stereocenters. The van der Waals surface area contributed by atoms with E-state index in [2.05, 4.69) is 9.82 Å². The van der Waals surface area contributed by atoms with Gasteiger partial charge in [-0.1, -0.05) is 6.07 Å². The lowest BCUT2D eigenvalue weighted by Crippen LogP contribution is -2.25. The molecule has 2 aromatic heterocycles. The van der Waals surface area contributed by atoms with Gasteiger partial charge in [0, 0.05) is 13.1 Å². The van der Waals surface area contributed by atoms with E-state index in [0.29, 0.717) is 24.7 Å². The number of fused-ring (bicyclic) bond motifs is 1. The number of ether oxygens (including phenoxy) is 2. The van der Waals surface area contributed by atoms with Gasteiger partial charge in [0.15, 0.2) is 11.5 Å². The summed E-state index contributed by atoms with van der Waals surface area (Å²) >= 11 is 1.59. The molecule has 3 aromatic rings. The third-order valence-corrected chi connectivity index (χ3v) is 6.31. The molecule has 0 radical (unpaired) electrons. The Morgan fingerprint density at radius 1 is 1.19 bits per heavy atom. The number of rotatable bonds is 5. The van der Waals surface area contributed by atoms with Crippen LogP contribution >= 0.6 is 11.3 Å². The van der Waals surface area contributed by atoms with E-state index in [0.717, 1.165) is 16.3 Å². The lowest BCUT2D eigenvalue weighted by Gasteiger charge is -2.18. The lowest BCUT2D eigenvalue weighted by atomic mass is 10.3. The highest BCUT2D eigenvalue weighted by Gasteiger charge is 2.20. The zero-order chi connectivity index (χ0) is 18.1. The van der Waals surface area contributed by atoms with Crippen LogP contribution in [0.4, 0.5) is 0 Å². The number of nitrogens with one attached hydrogen (secondary N) is 1. The average Bonchev–Trinajstić information content (AvgIpc) is 3.29. The molecular formula is C17H17N3O4S2. The van der Waals surface area contributed by atoms with Gasteiger partial charge in [-0.05, 0) is 29.6 Å². The number of hydrogen-bond donors (Lipinski definition) is 1. The Balaban J connectivity index is 1.52. The Morgan fingerprint density at radius 3 is 2.77 bits per heavy atom. The van der Waals surface area contributed by atoms with Crippen LogP contribution in [0, 0.1) is 0 Å². The topological polar surface area (TPSA) is 82.5 Å². The summed E-state index contributed by atoms with van der Waals surface area (Å²) in [5.41, 5.74) is 1.60. The van der Waals surface area contributed by atoms with Crippen LogP contribution in [0.15, 0.2) is 46.7 Å². The van der Waals surface area contributed by atoms with Crippen molar-refractivity contribution >= 4 is 21.4 Å². The van der Waals surface area contributed by atoms with Crippen LogP contribution in [-0.2, 0) is 23.6 Å². The summed E-state index contributed by atoms with van der Waals surface area (Å²) in [7, 11) is -1.88. The third-order valence-electron chi connectivity index (χ3n) is 4.02. The van der Waals surface area contributed by atoms with Gasteiger partial charge >= 0.3 is 0 Å². The maximum Gasteiger partial charge on any atom is 0.241 e. The number of hydrogen-bond acceptors (Lipinski definition) is 6. The Bertz CT molecular complexity index is 1030. The Labute approximate surface area is 155 Å². The summed E-state index contributed by atoms with van der Waals surface area (Å²) in [4.78, 5) is 1.18. The van der Waals surface area contributed by atoms with Gasteiger partial charge in [0.05, 0.1) is 22.0 Å². The van der Waals surface area contributed by atoms with Crippen molar-refractivity contribution in [2.24, 2.45) is 7.05 Å². The normalized spacial score (nSPS) is 13.7. The third kappa shape index (κ3) is 3.33. The Morgan fingerprint density at radius 2 is 2.00 bits per heavy atom. The van der Waals surface area contributed by atoms with Crippen molar-refractivity contribution < 1.29 is 17.9 Å². The largest absolute Gasteiger partial charge is 0.486 e. The van der Waals surface area contributed by atoms with Gasteiger partial charge in [-0.25, -0.2) is 13.1 Å². The number of benzene rings is 1. The minimum atomic E-state index is -3.68. The molecule has 1 aromatic carbocycles. The van der Waals surface area contributed by atoms with E-state index in [1.807, 2.05) is 23.6 Å². The minimum Gasteiger partial charge on any atom is -0.486 e. The zero-order valence-corrected chi connectivity index (χ0v) is 15.6. The molecule has 1 aliphatic heterocycles. The predicted octanol–water partition coefficient (Wildman–Crippen LogP) is 2.40. The van der Waals surface area contributed by atoms with Crippen molar-refractivity contribution in [3.8, 4) is 22.1 Å². The molecule has 0 unspecified atom stereocenters. The number of thiophene rings is 1. The minimum absolute atomic E-state index is 0.141. The van der Waals surface area contributed by atoms with Gasteiger partial charge < -0.3 is 9.47 Å². The summed E-state index contributed by atoms with van der Waals surface area (Å²) in [5.74, 6) is 1.00. The molecule has 9 heteroatoms. The molecule has 136 valence electrons. The van der Waals surface area contributed by atoms with Crippen LogP contribution in [0.2, 0.25) is 0 Å². The van der Waals surface area contributed by atoms with Crippen molar-refractivity contribution in [3.05, 3.63) is 47.5 Å². The van der Waals surface area contributed by atoms with E-state index in [-0.39, 0.29) is 11.4 Å². The first-order valence-electron chi connectivity index (χ1n) is 7.99. The first-order chi connectivity index (χ1) is 12.5. The van der Waals surface area contributed by atoms with Crippen LogP contribution < -0.4 is 14.2 Å². The van der Waals surface area contributed by atoms with Crippen LogP contribution in [-0.4, -0.2) is 31.4 Å². The molecule has 0 spiro atoms. The first-order valence-corrected chi connectivity index (χ1v) is 10.4. The maximum absolute atomic E-state index is 12.6. The molecule has 0 saturated heterocycles. The quantitative estimate of drug-likeness (QED) is 0.722. The summed E-state index contributed by atoms with van der Waals surface area (Å²) in [6, 6.07) is 10.4. The van der Waals surface area contributed by atoms with Gasteiger partial charge in [0.2, 0.25) is 10.0 Å². The van der Waals surface area contributed by atoms with Crippen molar-refractivity contribution in [3.63, 3.8) is 0 Å². The SMILES string of the molecule is Cn1nc(-c2cccs2)cc1CNS(=O)(=O)c1ccc2c(c1)OCCO2. The summed E-state index contributed by atoms with van der Waals surface area (Å²) in [6.45, 7) is 1.01. The fourth-order valence-electron chi connectivity index (χ4n) is 2.66. The predicted molar refractivity (Wildman–Crippen MR) is 98.0 cm³/mol. The van der Waals surface area contributed by atoms with Gasteiger partial charge in [-0.2, -0.15) is 5.10 Å². The van der Waals surface area contributed by atoms with Gasteiger partial charge in [-0.15, -0.1) is 11.3 Å². The molecule has 1 N–H and O–H groups in total. The molecule has 0 fully saturated rings. The number of sulfonamides is 1. The monoisotopic (exact) mass is 391 g/mol. The van der Waals surface area contributed by atoms with Crippen LogP contribution in [0.1, 0.15) is 5.69 Å². The fraction of sp³-hybridized carbons (Fsp3) is 0.235. The highest BCUT2D eigenvalue weighted by molar-refractivity contribution is 7.89. The summed E-state index contributed by atoms with van der Waals surface area (Å²) < 4.78 is 40.4. The van der Waals surface area contributed by atoms with E-state index in [1.54, 1.807) is 29.1 Å². The van der Waals surface area contributed by atoms with E-state index >= 15 is 0 Å². The van der Waals surface area contributed by atoms with Crippen LogP contribution in [0.5, 0.6) is 11.5 Å². The van der Waals surface area contributed by atoms with Crippen molar-refractivity contribution in [2.75, 3.05) is 13.2 Å². The molecule has 26 heavy (non-hydrogen) atoms. The molecule has 1 aliphatic rings. The number of nitrogens with zero attached hydrogens (tertiary/aromatic N) is 2. The highest BCUT2D eigenvalue weighted by Crippen LogP contribution is 2.32. The molecule has 0 saturated carbocycles. The molecule has 0 amide bonds. The standard InChI is InChI=1S/C17H17N3O4S2/c1-20-12(9-14(19-20)17-3-2-8-25-17)11-18-26(21,22)13-4-5-15-16(10-13)24-7-6-23-15/h2-5,8-10,18H,6-7,11H2,1H3. The number of aryl methyl sites for hydroxylation is 1. The smallest absolute Gasteiger partial charge is 0.241 e. The first kappa shape index (κ1) is 17.1. The van der Waals surface area contributed by atoms with Gasteiger partial charge in [0.25, 0.3) is 0 Å². The van der Waals surface area contributed by atoms with Crippen molar-refractivity contribution in [2.45, 2.75) is 11.4 Å². The zero-order valence-electron chi connectivity index (χ0n) is 14.0. The van der Waals surface area contributed by atoms with E-state index in [4.69, 9.17) is 9.47 Å². The number of aromatic nitrogens is 2. The van der Waals surface area contributed by atoms with Crippen LogP contribution in [0.25, 0.3) is 10.6 Å². The second kappa shape index (κ2) is 6.75. The molecular weight excluding hydrogens is 374 g/mol. The molecule has 3 heterocycles. The lowest BCUT2D eigenvalue weighted by molar-refractivity contribution is 0.171. The van der Waals surface area contributed by atoms with E-state index in [9.17, 15) is 8.42 Å². The van der Waals surface area contributed by atoms with E-state index < -0.39 is 10.0 Å². The van der Waals surface area contributed by atoms with Crippen molar-refractivity contribution in [1.82, 2.24) is 14.5 Å². The summed E-state index contributed by atoms with van der Waals surface area (Å²) in [6.07, 6.45) is 0. The molecule has 4 rings (SSSR count). The van der Waals surface area contributed by atoms with Crippen LogP contribution in [0.3, 0.4) is 0 Å². The maximum atomic E-state index is 12.6. The highest BCUT2D eigenvalue weighted by atomic mass is 32.2. The Kier molecular flexibility index (Phi) is 4.43. The fourth-order valence-corrected chi connectivity index (χ4v) is 4.35. The second-order valence-electron chi connectivity index (χ2n) is 5.75. The van der Waals surface area contributed by atoms with E-state index in [1.165, 1.54) is 12.1 Å². The second-order valence-corrected chi connectivity index (χ2v) is 8.47. The summed E-state index contributed by atoms with van der Waals surface area (Å²) in [5, 5.41) is 6.42. The molecule has 0 aliphatic carbocycles. The molecule has 0 bridgehead atoms.